The van der Waals surface area contributed by atoms with E-state index in [9.17, 15) is 14.3 Å². The zero-order chi connectivity index (χ0) is 19.7. The standard InChI is InChI=1S/C21H20FN3O3/c1-2-19-24-20(25-28-19)14-4-6-15-13(10-14)5-8-18(15)23-21(27)16-9-12(11-26)3-7-17(16)22/h3-4,6-7,9-10,18,26H,2,5,8,11H2,1H3,(H,23,27). The third-order valence-electron chi connectivity index (χ3n) is 5.01. The molecule has 1 aromatic heterocycles. The van der Waals surface area contributed by atoms with Gasteiger partial charge < -0.3 is 14.9 Å². The van der Waals surface area contributed by atoms with Crippen molar-refractivity contribution in [1.29, 1.82) is 0 Å². The molecule has 2 aromatic carbocycles. The molecule has 0 saturated carbocycles. The van der Waals surface area contributed by atoms with Crippen molar-refractivity contribution in [2.45, 2.75) is 38.8 Å². The molecule has 3 aromatic rings. The summed E-state index contributed by atoms with van der Waals surface area (Å²) in [5, 5.41) is 16.1. The van der Waals surface area contributed by atoms with Crippen LogP contribution in [0, 0.1) is 5.82 Å². The largest absolute Gasteiger partial charge is 0.392 e. The molecule has 1 aliphatic rings. The van der Waals surface area contributed by atoms with Gasteiger partial charge in [0.05, 0.1) is 18.2 Å². The molecular formula is C21H20FN3O3. The Labute approximate surface area is 161 Å². The predicted octanol–water partition coefficient (Wildman–Crippen LogP) is 3.35. The van der Waals surface area contributed by atoms with Gasteiger partial charge in [-0.05, 0) is 47.7 Å². The molecular weight excluding hydrogens is 361 g/mol. The number of carbonyl (C=O) groups excluding carboxylic acids is 1. The molecule has 144 valence electrons. The topological polar surface area (TPSA) is 88.2 Å². The number of amides is 1. The molecule has 0 spiro atoms. The van der Waals surface area contributed by atoms with Crippen LogP contribution in [0.2, 0.25) is 0 Å². The van der Waals surface area contributed by atoms with Crippen molar-refractivity contribution < 1.29 is 18.8 Å². The SMILES string of the molecule is CCc1nc(-c2ccc3c(c2)CCC3NC(=O)c2cc(CO)ccc2F)no1. The maximum absolute atomic E-state index is 14.0. The smallest absolute Gasteiger partial charge is 0.254 e. The van der Waals surface area contributed by atoms with Gasteiger partial charge in [0.15, 0.2) is 0 Å². The van der Waals surface area contributed by atoms with E-state index in [1.165, 1.54) is 18.2 Å². The van der Waals surface area contributed by atoms with Crippen LogP contribution in [-0.4, -0.2) is 21.2 Å². The summed E-state index contributed by atoms with van der Waals surface area (Å²) in [6.07, 6.45) is 2.21. The minimum Gasteiger partial charge on any atom is -0.392 e. The molecule has 0 fully saturated rings. The van der Waals surface area contributed by atoms with E-state index in [1.807, 2.05) is 25.1 Å². The maximum Gasteiger partial charge on any atom is 0.254 e. The molecule has 7 heteroatoms. The fourth-order valence-electron chi connectivity index (χ4n) is 3.50. The Balaban J connectivity index is 1.54. The summed E-state index contributed by atoms with van der Waals surface area (Å²) < 4.78 is 19.2. The molecule has 1 atom stereocenters. The van der Waals surface area contributed by atoms with Gasteiger partial charge in [-0.15, -0.1) is 0 Å². The quantitative estimate of drug-likeness (QED) is 0.708. The number of aliphatic hydroxyl groups excluding tert-OH is 1. The van der Waals surface area contributed by atoms with Crippen molar-refractivity contribution >= 4 is 5.91 Å². The molecule has 0 bridgehead atoms. The summed E-state index contributed by atoms with van der Waals surface area (Å²) in [6, 6.07) is 9.71. The Morgan fingerprint density at radius 2 is 2.18 bits per heavy atom. The van der Waals surface area contributed by atoms with Crippen molar-refractivity contribution in [2.75, 3.05) is 0 Å². The highest BCUT2D eigenvalue weighted by atomic mass is 19.1. The lowest BCUT2D eigenvalue weighted by Crippen LogP contribution is -2.28. The molecule has 1 unspecified atom stereocenters. The number of rotatable bonds is 5. The van der Waals surface area contributed by atoms with Gasteiger partial charge in [0.25, 0.3) is 5.91 Å². The van der Waals surface area contributed by atoms with Gasteiger partial charge in [-0.25, -0.2) is 4.39 Å². The zero-order valence-corrected chi connectivity index (χ0v) is 15.4. The number of nitrogens with one attached hydrogen (secondary N) is 1. The summed E-state index contributed by atoms with van der Waals surface area (Å²) >= 11 is 0. The van der Waals surface area contributed by atoms with Crippen LogP contribution >= 0.6 is 0 Å². The number of aliphatic hydroxyl groups is 1. The first-order valence-corrected chi connectivity index (χ1v) is 9.25. The lowest BCUT2D eigenvalue weighted by Gasteiger charge is -2.15. The van der Waals surface area contributed by atoms with Gasteiger partial charge in [-0.2, -0.15) is 4.98 Å². The number of aromatic nitrogens is 2. The minimum absolute atomic E-state index is 0.0597. The predicted molar refractivity (Wildman–Crippen MR) is 100.0 cm³/mol. The van der Waals surface area contributed by atoms with E-state index < -0.39 is 11.7 Å². The number of carbonyl (C=O) groups is 1. The van der Waals surface area contributed by atoms with Crippen LogP contribution in [0.4, 0.5) is 4.39 Å². The van der Waals surface area contributed by atoms with E-state index in [4.69, 9.17) is 4.52 Å². The highest BCUT2D eigenvalue weighted by Crippen LogP contribution is 2.34. The Morgan fingerprint density at radius 3 is 2.93 bits per heavy atom. The van der Waals surface area contributed by atoms with E-state index in [-0.39, 0.29) is 18.2 Å². The second-order valence-corrected chi connectivity index (χ2v) is 6.82. The molecule has 1 heterocycles. The number of aryl methyl sites for hydroxylation is 2. The van der Waals surface area contributed by atoms with Crippen molar-refractivity contribution in [1.82, 2.24) is 15.5 Å². The van der Waals surface area contributed by atoms with Crippen molar-refractivity contribution in [3.8, 4) is 11.4 Å². The van der Waals surface area contributed by atoms with Crippen LogP contribution in [0.5, 0.6) is 0 Å². The maximum atomic E-state index is 14.0. The zero-order valence-electron chi connectivity index (χ0n) is 15.4. The Bertz CT molecular complexity index is 1030. The molecule has 1 aliphatic carbocycles. The summed E-state index contributed by atoms with van der Waals surface area (Å²) in [5.41, 5.74) is 3.42. The van der Waals surface area contributed by atoms with Gasteiger partial charge in [0, 0.05) is 12.0 Å². The summed E-state index contributed by atoms with van der Waals surface area (Å²) in [7, 11) is 0. The van der Waals surface area contributed by atoms with Gasteiger partial charge in [-0.3, -0.25) is 4.79 Å². The number of benzene rings is 2. The minimum atomic E-state index is -0.605. The van der Waals surface area contributed by atoms with Crippen molar-refractivity contribution in [3.63, 3.8) is 0 Å². The van der Waals surface area contributed by atoms with Crippen LogP contribution in [0.3, 0.4) is 0 Å². The third-order valence-corrected chi connectivity index (χ3v) is 5.01. The van der Waals surface area contributed by atoms with Crippen LogP contribution in [-0.2, 0) is 19.4 Å². The molecule has 0 aliphatic heterocycles. The second-order valence-electron chi connectivity index (χ2n) is 6.82. The Hall–Kier alpha value is -3.06. The van der Waals surface area contributed by atoms with E-state index in [1.54, 1.807) is 0 Å². The summed E-state index contributed by atoms with van der Waals surface area (Å²) in [4.78, 5) is 16.9. The van der Waals surface area contributed by atoms with Crippen LogP contribution in [0.1, 0.15) is 52.3 Å². The molecule has 0 radical (unpaired) electrons. The number of nitrogens with zero attached hydrogens (tertiary/aromatic N) is 2. The van der Waals surface area contributed by atoms with Gasteiger partial charge >= 0.3 is 0 Å². The van der Waals surface area contributed by atoms with E-state index >= 15 is 0 Å². The van der Waals surface area contributed by atoms with Crippen LogP contribution in [0.15, 0.2) is 40.9 Å². The van der Waals surface area contributed by atoms with Gasteiger partial charge in [-0.1, -0.05) is 30.3 Å². The molecule has 2 N–H and O–H groups in total. The van der Waals surface area contributed by atoms with Gasteiger partial charge in [0.2, 0.25) is 11.7 Å². The molecule has 28 heavy (non-hydrogen) atoms. The first-order chi connectivity index (χ1) is 13.6. The second kappa shape index (κ2) is 7.52. The van der Waals surface area contributed by atoms with Crippen LogP contribution < -0.4 is 5.32 Å². The summed E-state index contributed by atoms with van der Waals surface area (Å²) in [5.74, 6) is 0.0513. The number of halogens is 1. The highest BCUT2D eigenvalue weighted by molar-refractivity contribution is 5.95. The fraction of sp³-hybridized carbons (Fsp3) is 0.286. The molecule has 0 saturated heterocycles. The fourth-order valence-corrected chi connectivity index (χ4v) is 3.50. The molecule has 1 amide bonds. The summed E-state index contributed by atoms with van der Waals surface area (Å²) in [6.45, 7) is 1.71. The van der Waals surface area contributed by atoms with Crippen molar-refractivity contribution in [2.24, 2.45) is 0 Å². The Morgan fingerprint density at radius 1 is 1.32 bits per heavy atom. The molecule has 4 rings (SSSR count). The number of hydrogen-bond donors (Lipinski definition) is 2. The Kier molecular flexibility index (Phi) is 4.92. The normalized spacial score (nSPS) is 15.5. The molecule has 6 nitrogen and oxygen atoms in total. The number of fused-ring (bicyclic) bond motifs is 1. The van der Waals surface area contributed by atoms with E-state index in [2.05, 4.69) is 15.5 Å². The van der Waals surface area contributed by atoms with Gasteiger partial charge in [0.1, 0.15) is 5.82 Å². The highest BCUT2D eigenvalue weighted by Gasteiger charge is 2.26. The third kappa shape index (κ3) is 3.41. The van der Waals surface area contributed by atoms with E-state index in [0.29, 0.717) is 23.7 Å². The van der Waals surface area contributed by atoms with Crippen LogP contribution in [0.25, 0.3) is 11.4 Å². The van der Waals surface area contributed by atoms with E-state index in [0.717, 1.165) is 29.5 Å². The lowest BCUT2D eigenvalue weighted by molar-refractivity contribution is 0.0932. The first kappa shape index (κ1) is 18.3. The van der Waals surface area contributed by atoms with Crippen molar-refractivity contribution in [3.05, 3.63) is 70.4 Å². The average molecular weight is 381 g/mol. The average Bonchev–Trinajstić information content (AvgIpc) is 3.35. The first-order valence-electron chi connectivity index (χ1n) is 9.25. The lowest BCUT2D eigenvalue weighted by atomic mass is 10.0. The number of hydrogen-bond acceptors (Lipinski definition) is 5. The monoisotopic (exact) mass is 381 g/mol.